The highest BCUT2D eigenvalue weighted by Crippen LogP contribution is 2.14. The molecule has 0 aliphatic carbocycles. The van der Waals surface area contributed by atoms with Crippen molar-refractivity contribution in [3.05, 3.63) is 96.1 Å². The molecule has 2 amide bonds. The van der Waals surface area contributed by atoms with Crippen LogP contribution in [0.5, 0.6) is 11.5 Å². The largest absolute Gasteiger partial charge is 0.481 e. The van der Waals surface area contributed by atoms with E-state index in [0.717, 1.165) is 11.1 Å². The Labute approximate surface area is 201 Å². The second-order valence-electron chi connectivity index (χ2n) is 7.91. The number of ether oxygens (including phenoxy) is 2. The third-order valence-corrected chi connectivity index (χ3v) is 5.29. The number of carbonyl (C=O) groups excluding carboxylic acids is 2. The minimum absolute atomic E-state index is 0.158. The van der Waals surface area contributed by atoms with Crippen LogP contribution in [0.25, 0.3) is 0 Å². The van der Waals surface area contributed by atoms with Crippen molar-refractivity contribution in [2.75, 3.05) is 0 Å². The number of carbonyl (C=O) groups is 2. The quantitative estimate of drug-likeness (QED) is 0.413. The maximum absolute atomic E-state index is 12.6. The first-order valence-electron chi connectivity index (χ1n) is 11.7. The Kier molecular flexibility index (Phi) is 9.52. The van der Waals surface area contributed by atoms with Gasteiger partial charge >= 0.3 is 0 Å². The summed E-state index contributed by atoms with van der Waals surface area (Å²) in [6.07, 6.45) is 0.0216. The molecule has 0 aromatic heterocycles. The van der Waals surface area contributed by atoms with E-state index >= 15 is 0 Å². The molecule has 6 heteroatoms. The first-order chi connectivity index (χ1) is 16.6. The van der Waals surface area contributed by atoms with E-state index in [1.807, 2.05) is 98.8 Å². The van der Waals surface area contributed by atoms with Gasteiger partial charge in [0.1, 0.15) is 11.5 Å². The maximum atomic E-state index is 12.6. The molecule has 0 saturated heterocycles. The van der Waals surface area contributed by atoms with E-state index < -0.39 is 12.2 Å². The number of para-hydroxylation sites is 2. The number of hydrogen-bond donors (Lipinski definition) is 2. The summed E-state index contributed by atoms with van der Waals surface area (Å²) in [5.41, 5.74) is 1.89. The SMILES string of the molecule is CC[C@H](Oc1ccccc1)C(=O)NCc1cccc(CNC(=O)[C@@H](CC)Oc2ccccc2)c1. The van der Waals surface area contributed by atoms with Gasteiger partial charge in [0.2, 0.25) is 0 Å². The fraction of sp³-hybridized carbons (Fsp3) is 0.286. The van der Waals surface area contributed by atoms with Gasteiger partial charge in [0.05, 0.1) is 0 Å². The normalized spacial score (nSPS) is 12.3. The van der Waals surface area contributed by atoms with E-state index in [0.29, 0.717) is 37.4 Å². The fourth-order valence-corrected chi connectivity index (χ4v) is 3.43. The summed E-state index contributed by atoms with van der Waals surface area (Å²) in [7, 11) is 0. The van der Waals surface area contributed by atoms with E-state index in [1.165, 1.54) is 0 Å². The van der Waals surface area contributed by atoms with Gasteiger partial charge in [-0.15, -0.1) is 0 Å². The fourth-order valence-electron chi connectivity index (χ4n) is 3.43. The van der Waals surface area contributed by atoms with E-state index in [4.69, 9.17) is 9.47 Å². The minimum Gasteiger partial charge on any atom is -0.481 e. The summed E-state index contributed by atoms with van der Waals surface area (Å²) in [6, 6.07) is 26.4. The van der Waals surface area contributed by atoms with Crippen molar-refractivity contribution in [1.82, 2.24) is 10.6 Å². The van der Waals surface area contributed by atoms with Gasteiger partial charge in [-0.2, -0.15) is 0 Å². The van der Waals surface area contributed by atoms with Crippen molar-refractivity contribution in [3.63, 3.8) is 0 Å². The average Bonchev–Trinajstić information content (AvgIpc) is 2.89. The van der Waals surface area contributed by atoms with Crippen molar-refractivity contribution in [3.8, 4) is 11.5 Å². The van der Waals surface area contributed by atoms with E-state index in [2.05, 4.69) is 10.6 Å². The van der Waals surface area contributed by atoms with E-state index in [9.17, 15) is 9.59 Å². The topological polar surface area (TPSA) is 76.7 Å². The third-order valence-electron chi connectivity index (χ3n) is 5.29. The molecule has 0 fully saturated rings. The van der Waals surface area contributed by atoms with Gasteiger partial charge in [-0.1, -0.05) is 74.5 Å². The molecular weight excluding hydrogens is 428 g/mol. The number of rotatable bonds is 12. The molecule has 2 N–H and O–H groups in total. The Morgan fingerprint density at radius 2 is 1.06 bits per heavy atom. The minimum atomic E-state index is -0.555. The van der Waals surface area contributed by atoms with Crippen LogP contribution in [0.15, 0.2) is 84.9 Å². The van der Waals surface area contributed by atoms with Crippen molar-refractivity contribution in [2.45, 2.75) is 52.0 Å². The molecule has 6 nitrogen and oxygen atoms in total. The lowest BCUT2D eigenvalue weighted by Gasteiger charge is -2.18. The predicted octanol–water partition coefficient (Wildman–Crippen LogP) is 4.63. The smallest absolute Gasteiger partial charge is 0.261 e. The summed E-state index contributed by atoms with van der Waals surface area (Å²) < 4.78 is 11.6. The van der Waals surface area contributed by atoms with Crippen molar-refractivity contribution < 1.29 is 19.1 Å². The first-order valence-corrected chi connectivity index (χ1v) is 11.7. The van der Waals surface area contributed by atoms with Crippen LogP contribution in [0.2, 0.25) is 0 Å². The van der Waals surface area contributed by atoms with Crippen molar-refractivity contribution in [2.24, 2.45) is 0 Å². The highest BCUT2D eigenvalue weighted by molar-refractivity contribution is 5.81. The lowest BCUT2D eigenvalue weighted by Crippen LogP contribution is -2.38. The molecule has 3 aromatic carbocycles. The Morgan fingerprint density at radius 3 is 1.44 bits per heavy atom. The number of hydrogen-bond acceptors (Lipinski definition) is 4. The summed E-state index contributed by atoms with van der Waals surface area (Å²) in [4.78, 5) is 25.2. The zero-order valence-electron chi connectivity index (χ0n) is 19.7. The Hall–Kier alpha value is -3.80. The van der Waals surface area contributed by atoms with Crippen molar-refractivity contribution in [1.29, 1.82) is 0 Å². The molecular formula is C28H32N2O4. The van der Waals surface area contributed by atoms with Gasteiger partial charge in [-0.05, 0) is 48.2 Å². The third kappa shape index (κ3) is 7.66. The Balaban J connectivity index is 1.50. The molecule has 2 atom stereocenters. The first kappa shape index (κ1) is 24.8. The molecule has 0 radical (unpaired) electrons. The van der Waals surface area contributed by atoms with Crippen LogP contribution >= 0.6 is 0 Å². The molecule has 0 heterocycles. The molecule has 0 bridgehead atoms. The van der Waals surface area contributed by atoms with Gasteiger partial charge in [0.15, 0.2) is 12.2 Å². The van der Waals surface area contributed by atoms with Crippen LogP contribution in [-0.2, 0) is 22.7 Å². The van der Waals surface area contributed by atoms with Gasteiger partial charge in [0, 0.05) is 13.1 Å². The second kappa shape index (κ2) is 13.0. The van der Waals surface area contributed by atoms with Crippen LogP contribution in [0, 0.1) is 0 Å². The van der Waals surface area contributed by atoms with Gasteiger partial charge in [-0.25, -0.2) is 0 Å². The van der Waals surface area contributed by atoms with Crippen LogP contribution in [0.3, 0.4) is 0 Å². The molecule has 0 spiro atoms. The summed E-state index contributed by atoms with van der Waals surface area (Å²) in [5, 5.41) is 5.89. The zero-order valence-corrected chi connectivity index (χ0v) is 19.7. The highest BCUT2D eigenvalue weighted by atomic mass is 16.5. The number of amides is 2. The van der Waals surface area contributed by atoms with Gasteiger partial charge < -0.3 is 20.1 Å². The van der Waals surface area contributed by atoms with Crippen LogP contribution in [0.4, 0.5) is 0 Å². The Bertz CT molecular complexity index is 960. The maximum Gasteiger partial charge on any atom is 0.261 e. The predicted molar refractivity (Wildman–Crippen MR) is 132 cm³/mol. The highest BCUT2D eigenvalue weighted by Gasteiger charge is 2.19. The second-order valence-corrected chi connectivity index (χ2v) is 7.91. The lowest BCUT2D eigenvalue weighted by molar-refractivity contribution is -0.128. The van der Waals surface area contributed by atoms with E-state index in [1.54, 1.807) is 0 Å². The lowest BCUT2D eigenvalue weighted by atomic mass is 10.1. The summed E-state index contributed by atoms with van der Waals surface area (Å²) >= 11 is 0. The average molecular weight is 461 g/mol. The van der Waals surface area contributed by atoms with Gasteiger partial charge in [-0.3, -0.25) is 9.59 Å². The van der Waals surface area contributed by atoms with Crippen LogP contribution in [0.1, 0.15) is 37.8 Å². The number of nitrogens with one attached hydrogen (secondary N) is 2. The standard InChI is InChI=1S/C28H32N2O4/c1-3-25(33-23-14-7-5-8-15-23)27(31)29-19-21-12-11-13-22(18-21)20-30-28(32)26(4-2)34-24-16-9-6-10-17-24/h5-18,25-26H,3-4,19-20H2,1-2H3,(H,29,31)(H,30,32)/t25-,26+. The summed E-state index contributed by atoms with van der Waals surface area (Å²) in [5.74, 6) is 1.02. The van der Waals surface area contributed by atoms with Crippen LogP contribution in [-0.4, -0.2) is 24.0 Å². The molecule has 0 aliphatic rings. The molecule has 34 heavy (non-hydrogen) atoms. The molecule has 3 aromatic rings. The van der Waals surface area contributed by atoms with Crippen molar-refractivity contribution >= 4 is 11.8 Å². The molecule has 0 saturated carbocycles. The summed E-state index contributed by atoms with van der Waals surface area (Å²) in [6.45, 7) is 4.59. The molecule has 0 unspecified atom stereocenters. The monoisotopic (exact) mass is 460 g/mol. The van der Waals surface area contributed by atoms with E-state index in [-0.39, 0.29) is 11.8 Å². The molecule has 178 valence electrons. The zero-order chi connectivity index (χ0) is 24.2. The Morgan fingerprint density at radius 1 is 0.647 bits per heavy atom. The number of benzene rings is 3. The van der Waals surface area contributed by atoms with Gasteiger partial charge in [0.25, 0.3) is 11.8 Å². The van der Waals surface area contributed by atoms with Crippen LogP contribution < -0.4 is 20.1 Å². The molecule has 0 aliphatic heterocycles. The molecule has 3 rings (SSSR count).